The summed E-state index contributed by atoms with van der Waals surface area (Å²) < 4.78 is 11.0. The number of anilines is 1. The third-order valence-electron chi connectivity index (χ3n) is 2.71. The second kappa shape index (κ2) is 7.16. The number of benzene rings is 1. The van der Waals surface area contributed by atoms with E-state index < -0.39 is 6.03 Å². The molecule has 0 fully saturated rings. The zero-order valence-corrected chi connectivity index (χ0v) is 11.6. The molecule has 0 radical (unpaired) electrons. The lowest BCUT2D eigenvalue weighted by molar-refractivity contribution is 0.251. The first-order chi connectivity index (χ1) is 10.2. The fraction of sp³-hybridized carbons (Fsp3) is 0.133. The number of hydrogen-bond donors (Lipinski definition) is 3. The van der Waals surface area contributed by atoms with Gasteiger partial charge in [0, 0.05) is 5.56 Å². The highest BCUT2D eigenvalue weighted by molar-refractivity contribution is 5.91. The Hall–Kier alpha value is -2.73. The summed E-state index contributed by atoms with van der Waals surface area (Å²) >= 11 is 0. The van der Waals surface area contributed by atoms with Crippen LogP contribution in [-0.4, -0.2) is 6.03 Å². The van der Waals surface area contributed by atoms with Crippen LogP contribution in [0.1, 0.15) is 18.2 Å². The Labute approximate surface area is 122 Å². The Morgan fingerprint density at radius 1 is 1.38 bits per heavy atom. The topological polar surface area (TPSA) is 89.5 Å². The van der Waals surface area contributed by atoms with Crippen molar-refractivity contribution in [3.63, 3.8) is 0 Å². The molecule has 4 N–H and O–H groups in total. The van der Waals surface area contributed by atoms with E-state index in [1.807, 2.05) is 42.7 Å². The molecule has 2 aromatic rings. The van der Waals surface area contributed by atoms with Gasteiger partial charge in [-0.1, -0.05) is 24.3 Å². The number of nitrogens with two attached hydrogens (primary N) is 1. The normalized spacial score (nSPS) is 10.6. The number of hydrazine groups is 1. The molecular weight excluding hydrogens is 270 g/mol. The van der Waals surface area contributed by atoms with Gasteiger partial charge in [0.05, 0.1) is 12.0 Å². The Balaban J connectivity index is 2.26. The molecule has 0 bridgehead atoms. The maximum Gasteiger partial charge on any atom is 0.333 e. The maximum atomic E-state index is 11.4. The van der Waals surface area contributed by atoms with Crippen LogP contribution in [0.25, 0.3) is 6.08 Å². The average molecular weight is 287 g/mol. The Morgan fingerprint density at radius 3 is 2.90 bits per heavy atom. The fourth-order valence-corrected chi connectivity index (χ4v) is 1.82. The molecule has 0 atom stereocenters. The zero-order chi connectivity index (χ0) is 15.1. The summed E-state index contributed by atoms with van der Waals surface area (Å²) in [5.41, 5.74) is 3.39. The van der Waals surface area contributed by atoms with Crippen LogP contribution in [0.5, 0.6) is 5.75 Å². The zero-order valence-electron chi connectivity index (χ0n) is 11.6. The number of rotatable bonds is 5. The summed E-state index contributed by atoms with van der Waals surface area (Å²) in [6.07, 6.45) is 5.36. The van der Waals surface area contributed by atoms with E-state index in [1.54, 1.807) is 18.4 Å². The van der Waals surface area contributed by atoms with Crippen LogP contribution in [0.3, 0.4) is 0 Å². The average Bonchev–Trinajstić information content (AvgIpc) is 3.00. The van der Waals surface area contributed by atoms with Crippen LogP contribution in [0.2, 0.25) is 0 Å². The molecule has 0 aliphatic heterocycles. The van der Waals surface area contributed by atoms with Gasteiger partial charge in [0.25, 0.3) is 0 Å². The lowest BCUT2D eigenvalue weighted by Crippen LogP contribution is -2.34. The Kier molecular flexibility index (Phi) is 5.00. The van der Waals surface area contributed by atoms with Crippen molar-refractivity contribution in [2.45, 2.75) is 13.5 Å². The van der Waals surface area contributed by atoms with E-state index in [9.17, 15) is 4.79 Å². The van der Waals surface area contributed by atoms with Gasteiger partial charge in [-0.3, -0.25) is 5.43 Å². The van der Waals surface area contributed by atoms with Crippen LogP contribution in [0, 0.1) is 0 Å². The van der Waals surface area contributed by atoms with Gasteiger partial charge in [-0.05, 0) is 25.1 Å². The molecule has 1 heterocycles. The van der Waals surface area contributed by atoms with Crippen molar-refractivity contribution in [3.8, 4) is 5.75 Å². The molecule has 0 saturated carbocycles. The number of carbonyl (C=O) groups excluding carboxylic acids is 1. The van der Waals surface area contributed by atoms with Crippen molar-refractivity contribution >= 4 is 17.8 Å². The van der Waals surface area contributed by atoms with Gasteiger partial charge >= 0.3 is 6.03 Å². The van der Waals surface area contributed by atoms with E-state index >= 15 is 0 Å². The van der Waals surface area contributed by atoms with Crippen molar-refractivity contribution in [1.82, 2.24) is 5.43 Å². The van der Waals surface area contributed by atoms with E-state index in [0.717, 1.165) is 5.56 Å². The predicted molar refractivity (Wildman–Crippen MR) is 80.5 cm³/mol. The summed E-state index contributed by atoms with van der Waals surface area (Å²) in [7, 11) is 0. The molecular formula is C15H17N3O3. The number of para-hydroxylation sites is 1. The van der Waals surface area contributed by atoms with Crippen molar-refractivity contribution in [2.24, 2.45) is 5.84 Å². The third-order valence-corrected chi connectivity index (χ3v) is 2.71. The third kappa shape index (κ3) is 3.87. The molecule has 21 heavy (non-hydrogen) atoms. The number of carbonyl (C=O) groups is 1. The maximum absolute atomic E-state index is 11.4. The standard InChI is InChI=1S/C15H17N3O3/c1-2-5-11-6-3-8-13(17-15(19)18-16)14(11)21-10-12-7-4-9-20-12/h2-9H,10,16H2,1H3,(H2,17,18,19)/b5-2+. The molecule has 0 unspecified atom stereocenters. The highest BCUT2D eigenvalue weighted by atomic mass is 16.5. The largest absolute Gasteiger partial charge is 0.483 e. The molecule has 110 valence electrons. The van der Waals surface area contributed by atoms with Gasteiger partial charge in [-0.15, -0.1) is 0 Å². The van der Waals surface area contributed by atoms with Crippen LogP contribution in [0.4, 0.5) is 10.5 Å². The highest BCUT2D eigenvalue weighted by Crippen LogP contribution is 2.31. The number of nitrogens with one attached hydrogen (secondary N) is 2. The molecule has 1 aromatic heterocycles. The molecule has 0 aliphatic rings. The lowest BCUT2D eigenvalue weighted by atomic mass is 10.1. The van der Waals surface area contributed by atoms with Gasteiger partial charge in [0.1, 0.15) is 12.4 Å². The second-order valence-electron chi connectivity index (χ2n) is 4.19. The first-order valence-corrected chi connectivity index (χ1v) is 6.43. The SMILES string of the molecule is C/C=C/c1cccc(NC(=O)NN)c1OCc1ccco1. The summed E-state index contributed by atoms with van der Waals surface area (Å²) in [6, 6.07) is 8.54. The van der Waals surface area contributed by atoms with E-state index in [2.05, 4.69) is 5.32 Å². The molecule has 0 aliphatic carbocycles. The number of allylic oxidation sites excluding steroid dienone is 1. The van der Waals surface area contributed by atoms with Crippen molar-refractivity contribution in [1.29, 1.82) is 0 Å². The van der Waals surface area contributed by atoms with E-state index in [0.29, 0.717) is 17.2 Å². The van der Waals surface area contributed by atoms with E-state index in [4.69, 9.17) is 15.0 Å². The van der Waals surface area contributed by atoms with Gasteiger partial charge in [0.2, 0.25) is 0 Å². The fourth-order valence-electron chi connectivity index (χ4n) is 1.82. The minimum atomic E-state index is -0.518. The van der Waals surface area contributed by atoms with Gasteiger partial charge < -0.3 is 14.5 Å². The smallest absolute Gasteiger partial charge is 0.333 e. The summed E-state index contributed by atoms with van der Waals surface area (Å²) in [4.78, 5) is 11.4. The molecule has 6 nitrogen and oxygen atoms in total. The van der Waals surface area contributed by atoms with Crippen molar-refractivity contribution in [2.75, 3.05) is 5.32 Å². The van der Waals surface area contributed by atoms with Crippen LogP contribution in [-0.2, 0) is 6.61 Å². The first-order valence-electron chi connectivity index (χ1n) is 6.43. The molecule has 1 aromatic carbocycles. The molecule has 6 heteroatoms. The number of hydrogen-bond acceptors (Lipinski definition) is 4. The molecule has 2 rings (SSSR count). The molecule has 0 saturated heterocycles. The second-order valence-corrected chi connectivity index (χ2v) is 4.19. The van der Waals surface area contributed by atoms with Gasteiger partial charge in [-0.25, -0.2) is 10.6 Å². The summed E-state index contributed by atoms with van der Waals surface area (Å²) in [5, 5.41) is 2.62. The van der Waals surface area contributed by atoms with Gasteiger partial charge in [0.15, 0.2) is 5.75 Å². The summed E-state index contributed by atoms with van der Waals surface area (Å²) in [5.74, 6) is 6.33. The number of furan rings is 1. The van der Waals surface area contributed by atoms with Crippen LogP contribution in [0.15, 0.2) is 47.1 Å². The van der Waals surface area contributed by atoms with Crippen LogP contribution >= 0.6 is 0 Å². The number of amides is 2. The lowest BCUT2D eigenvalue weighted by Gasteiger charge is -2.14. The first kappa shape index (κ1) is 14.7. The van der Waals surface area contributed by atoms with E-state index in [1.165, 1.54) is 0 Å². The van der Waals surface area contributed by atoms with Crippen molar-refractivity contribution < 1.29 is 13.9 Å². The van der Waals surface area contributed by atoms with Crippen molar-refractivity contribution in [3.05, 3.63) is 54.0 Å². The Bertz CT molecular complexity index is 621. The summed E-state index contributed by atoms with van der Waals surface area (Å²) in [6.45, 7) is 2.17. The molecule has 0 spiro atoms. The highest BCUT2D eigenvalue weighted by Gasteiger charge is 2.11. The Morgan fingerprint density at radius 2 is 2.24 bits per heavy atom. The van der Waals surface area contributed by atoms with Crippen LogP contribution < -0.4 is 21.3 Å². The number of urea groups is 1. The van der Waals surface area contributed by atoms with E-state index in [-0.39, 0.29) is 6.61 Å². The monoisotopic (exact) mass is 287 g/mol. The predicted octanol–water partition coefficient (Wildman–Crippen LogP) is 2.89. The number of ether oxygens (including phenoxy) is 1. The van der Waals surface area contributed by atoms with Gasteiger partial charge in [-0.2, -0.15) is 0 Å². The minimum absolute atomic E-state index is 0.264. The minimum Gasteiger partial charge on any atom is -0.483 e. The quantitative estimate of drug-likeness (QED) is 0.448. The molecule has 2 amide bonds.